The second-order valence-electron chi connectivity index (χ2n) is 6.07. The van der Waals surface area contributed by atoms with Crippen LogP contribution in [0.1, 0.15) is 43.6 Å². The number of benzene rings is 1. The van der Waals surface area contributed by atoms with E-state index in [1.54, 1.807) is 6.07 Å². The number of hydrogen-bond donors (Lipinski definition) is 1. The van der Waals surface area contributed by atoms with E-state index in [4.69, 9.17) is 5.73 Å². The second-order valence-corrected chi connectivity index (χ2v) is 6.07. The van der Waals surface area contributed by atoms with Crippen LogP contribution in [-0.4, -0.2) is 23.9 Å². The van der Waals surface area contributed by atoms with Gasteiger partial charge < -0.3 is 10.6 Å². The summed E-state index contributed by atoms with van der Waals surface area (Å²) in [5.41, 5.74) is 8.15. The smallest absolute Gasteiger partial charge is 0.254 e. The first-order chi connectivity index (χ1) is 8.81. The highest BCUT2D eigenvalue weighted by atomic mass is 16.2. The predicted octanol–water partition coefficient (Wildman–Crippen LogP) is 3.33. The molecule has 0 saturated heterocycles. The number of anilines is 1. The summed E-state index contributed by atoms with van der Waals surface area (Å²) in [5.74, 6) is 1.05. The van der Waals surface area contributed by atoms with Gasteiger partial charge in [0.2, 0.25) is 0 Å². The molecule has 0 heterocycles. The predicted molar refractivity (Wildman–Crippen MR) is 81.2 cm³/mol. The van der Waals surface area contributed by atoms with Crippen LogP contribution in [0, 0.1) is 18.8 Å². The van der Waals surface area contributed by atoms with Gasteiger partial charge in [0.1, 0.15) is 0 Å². The van der Waals surface area contributed by atoms with Gasteiger partial charge in [0, 0.05) is 24.3 Å². The van der Waals surface area contributed by atoms with E-state index < -0.39 is 0 Å². The van der Waals surface area contributed by atoms with E-state index in [9.17, 15) is 4.79 Å². The van der Waals surface area contributed by atoms with Crippen molar-refractivity contribution >= 4 is 11.6 Å². The van der Waals surface area contributed by atoms with Crippen LogP contribution < -0.4 is 5.73 Å². The Balaban J connectivity index is 2.97. The van der Waals surface area contributed by atoms with Crippen molar-refractivity contribution in [1.82, 2.24) is 4.90 Å². The lowest BCUT2D eigenvalue weighted by atomic mass is 10.0. The Labute approximate surface area is 116 Å². The first-order valence-corrected chi connectivity index (χ1v) is 6.96. The zero-order chi connectivity index (χ0) is 14.6. The van der Waals surface area contributed by atoms with Crippen molar-refractivity contribution in [2.24, 2.45) is 11.8 Å². The molecule has 0 aliphatic heterocycles. The number of carbonyl (C=O) groups excluding carboxylic acids is 1. The molecule has 1 aromatic carbocycles. The number of hydrogen-bond acceptors (Lipinski definition) is 2. The fraction of sp³-hybridized carbons (Fsp3) is 0.562. The Morgan fingerprint density at radius 1 is 1.16 bits per heavy atom. The summed E-state index contributed by atoms with van der Waals surface area (Å²) in [6.07, 6.45) is 0. The third-order valence-electron chi connectivity index (χ3n) is 2.94. The van der Waals surface area contributed by atoms with Crippen LogP contribution in [0.25, 0.3) is 0 Å². The molecular formula is C16H26N2O. The SMILES string of the molecule is Cc1cc(N)ccc1C(=O)N(CC(C)C)CC(C)C. The number of nitrogens with zero attached hydrogens (tertiary/aromatic N) is 1. The van der Waals surface area contributed by atoms with Gasteiger partial charge in [-0.2, -0.15) is 0 Å². The molecule has 0 bridgehead atoms. The van der Waals surface area contributed by atoms with E-state index in [0.717, 1.165) is 24.2 Å². The molecule has 3 nitrogen and oxygen atoms in total. The van der Waals surface area contributed by atoms with Crippen LogP contribution in [0.3, 0.4) is 0 Å². The van der Waals surface area contributed by atoms with Crippen molar-refractivity contribution < 1.29 is 4.79 Å². The first kappa shape index (κ1) is 15.5. The Hall–Kier alpha value is -1.51. The highest BCUT2D eigenvalue weighted by molar-refractivity contribution is 5.96. The third-order valence-corrected chi connectivity index (χ3v) is 2.94. The van der Waals surface area contributed by atoms with E-state index in [-0.39, 0.29) is 5.91 Å². The van der Waals surface area contributed by atoms with Crippen molar-refractivity contribution in [1.29, 1.82) is 0 Å². The van der Waals surface area contributed by atoms with Crippen molar-refractivity contribution in [3.05, 3.63) is 29.3 Å². The van der Waals surface area contributed by atoms with Crippen LogP contribution >= 0.6 is 0 Å². The molecule has 0 atom stereocenters. The molecule has 2 N–H and O–H groups in total. The lowest BCUT2D eigenvalue weighted by Gasteiger charge is -2.27. The van der Waals surface area contributed by atoms with Crippen molar-refractivity contribution in [3.63, 3.8) is 0 Å². The summed E-state index contributed by atoms with van der Waals surface area (Å²) in [4.78, 5) is 14.6. The molecule has 0 aliphatic rings. The van der Waals surface area contributed by atoms with E-state index >= 15 is 0 Å². The van der Waals surface area contributed by atoms with Crippen molar-refractivity contribution in [3.8, 4) is 0 Å². The average molecular weight is 262 g/mol. The van der Waals surface area contributed by atoms with Crippen LogP contribution in [-0.2, 0) is 0 Å². The number of nitrogens with two attached hydrogens (primary N) is 1. The number of carbonyl (C=O) groups is 1. The summed E-state index contributed by atoms with van der Waals surface area (Å²) in [5, 5.41) is 0. The summed E-state index contributed by atoms with van der Waals surface area (Å²) < 4.78 is 0. The maximum absolute atomic E-state index is 12.6. The Morgan fingerprint density at radius 3 is 2.11 bits per heavy atom. The minimum absolute atomic E-state index is 0.111. The molecule has 0 spiro atoms. The standard InChI is InChI=1S/C16H26N2O/c1-11(2)9-18(10-12(3)4)16(19)15-7-6-14(17)8-13(15)5/h6-8,11-12H,9-10,17H2,1-5H3. The molecule has 0 unspecified atom stereocenters. The fourth-order valence-corrected chi connectivity index (χ4v) is 2.22. The van der Waals surface area contributed by atoms with E-state index in [1.807, 2.05) is 24.0 Å². The number of rotatable bonds is 5. The van der Waals surface area contributed by atoms with Gasteiger partial charge >= 0.3 is 0 Å². The maximum Gasteiger partial charge on any atom is 0.254 e. The lowest BCUT2D eigenvalue weighted by Crippen LogP contribution is -2.37. The normalized spacial score (nSPS) is 11.1. The number of nitrogen functional groups attached to an aromatic ring is 1. The Bertz CT molecular complexity index is 428. The summed E-state index contributed by atoms with van der Waals surface area (Å²) in [6.45, 7) is 12.1. The highest BCUT2D eigenvalue weighted by Crippen LogP contribution is 2.16. The molecule has 0 aromatic heterocycles. The molecule has 1 amide bonds. The Morgan fingerprint density at radius 2 is 1.68 bits per heavy atom. The van der Waals surface area contributed by atoms with Crippen LogP contribution in [0.2, 0.25) is 0 Å². The molecule has 3 heteroatoms. The third kappa shape index (κ3) is 4.58. The largest absolute Gasteiger partial charge is 0.399 e. The number of aryl methyl sites for hydroxylation is 1. The van der Waals surface area contributed by atoms with Crippen molar-refractivity contribution in [2.75, 3.05) is 18.8 Å². The molecular weight excluding hydrogens is 236 g/mol. The van der Waals surface area contributed by atoms with Crippen LogP contribution in [0.5, 0.6) is 0 Å². The fourth-order valence-electron chi connectivity index (χ4n) is 2.22. The lowest BCUT2D eigenvalue weighted by molar-refractivity contribution is 0.0714. The molecule has 0 radical (unpaired) electrons. The van der Waals surface area contributed by atoms with E-state index in [1.165, 1.54) is 0 Å². The molecule has 0 fully saturated rings. The minimum atomic E-state index is 0.111. The molecule has 1 rings (SSSR count). The van der Waals surface area contributed by atoms with Gasteiger partial charge in [-0.25, -0.2) is 0 Å². The topological polar surface area (TPSA) is 46.3 Å². The van der Waals surface area contributed by atoms with Gasteiger partial charge in [-0.05, 0) is 42.5 Å². The van der Waals surface area contributed by atoms with Gasteiger partial charge in [0.05, 0.1) is 0 Å². The summed E-state index contributed by atoms with van der Waals surface area (Å²) >= 11 is 0. The van der Waals surface area contributed by atoms with Crippen molar-refractivity contribution in [2.45, 2.75) is 34.6 Å². The van der Waals surface area contributed by atoms with Gasteiger partial charge in [0.25, 0.3) is 5.91 Å². The number of amides is 1. The molecule has 19 heavy (non-hydrogen) atoms. The van der Waals surface area contributed by atoms with Gasteiger partial charge in [-0.15, -0.1) is 0 Å². The molecule has 0 aliphatic carbocycles. The van der Waals surface area contributed by atoms with E-state index in [2.05, 4.69) is 27.7 Å². The first-order valence-electron chi connectivity index (χ1n) is 6.96. The van der Waals surface area contributed by atoms with Gasteiger partial charge in [-0.1, -0.05) is 27.7 Å². The summed E-state index contributed by atoms with van der Waals surface area (Å²) in [6, 6.07) is 5.49. The van der Waals surface area contributed by atoms with E-state index in [0.29, 0.717) is 17.5 Å². The van der Waals surface area contributed by atoms with Crippen LogP contribution in [0.4, 0.5) is 5.69 Å². The molecule has 1 aromatic rings. The second kappa shape index (κ2) is 6.60. The van der Waals surface area contributed by atoms with Gasteiger partial charge in [-0.3, -0.25) is 4.79 Å². The zero-order valence-electron chi connectivity index (χ0n) is 12.7. The monoisotopic (exact) mass is 262 g/mol. The summed E-state index contributed by atoms with van der Waals surface area (Å²) in [7, 11) is 0. The maximum atomic E-state index is 12.6. The molecule has 106 valence electrons. The average Bonchev–Trinajstić information content (AvgIpc) is 2.26. The Kier molecular flexibility index (Phi) is 5.40. The quantitative estimate of drug-likeness (QED) is 0.827. The molecule has 0 saturated carbocycles. The van der Waals surface area contributed by atoms with Crippen LogP contribution in [0.15, 0.2) is 18.2 Å². The zero-order valence-corrected chi connectivity index (χ0v) is 12.7. The minimum Gasteiger partial charge on any atom is -0.399 e. The highest BCUT2D eigenvalue weighted by Gasteiger charge is 2.19. The van der Waals surface area contributed by atoms with Gasteiger partial charge in [0.15, 0.2) is 0 Å².